The second-order valence-electron chi connectivity index (χ2n) is 10.9. The number of carbonyl (C=O) groups is 3. The minimum Gasteiger partial charge on any atom is -0.508 e. The number of benzene rings is 2. The monoisotopic (exact) mass is 530 g/mol. The first-order valence-electron chi connectivity index (χ1n) is 12.7. The molecule has 5 atom stereocenters. The number of hydrogen-bond acceptors (Lipinski definition) is 8. The zero-order chi connectivity index (χ0) is 28.4. The highest BCUT2D eigenvalue weighted by atomic mass is 16.3. The number of ketones is 2. The molecule has 5 rings (SSSR count). The number of nitrogens with two attached hydrogens (primary N) is 1. The highest BCUT2D eigenvalue weighted by Crippen LogP contribution is 2.52. The maximum atomic E-state index is 13.9. The fourth-order valence-electron chi connectivity index (χ4n) is 6.25. The molecule has 0 spiro atoms. The molecule has 1 saturated carbocycles. The van der Waals surface area contributed by atoms with Gasteiger partial charge in [-0.25, -0.2) is 0 Å². The summed E-state index contributed by atoms with van der Waals surface area (Å²) in [6, 6.07) is 9.23. The fraction of sp³-hybridized carbons (Fsp3) is 0.367. The van der Waals surface area contributed by atoms with Gasteiger partial charge < -0.3 is 31.1 Å². The third kappa shape index (κ3) is 3.99. The summed E-state index contributed by atoms with van der Waals surface area (Å²) in [6.07, 6.45) is -1.21. The summed E-state index contributed by atoms with van der Waals surface area (Å²) in [6.45, 7) is 1.96. The SMILES string of the molecule is Cc1ccc(C#Cc2cc(N(C)C)c3c(c2O)C(=O)C2=C(O)[C@]4(O)C(=O)C(C(N)=O)C(O)C[C@@H]4C[C@@H]2C3)cc1. The van der Waals surface area contributed by atoms with Gasteiger partial charge in [-0.2, -0.15) is 0 Å². The Morgan fingerprint density at radius 1 is 1.10 bits per heavy atom. The van der Waals surface area contributed by atoms with Crippen molar-refractivity contribution in [3.8, 4) is 17.6 Å². The standard InChI is InChI=1S/C30H30N2O7/c1-14-4-6-15(7-5-14)8-9-16-12-20(32(2)3)19-11-17-10-18-13-21(33)24(29(31)38)28(37)30(18,39)27(36)22(17)26(35)23(19)25(16)34/h4-7,12,17-18,21,24,33-34,36,39H,10-11,13H2,1-3H3,(H2,31,38)/t17-,18+,21?,24?,30+/m1/s1. The van der Waals surface area contributed by atoms with E-state index in [0.717, 1.165) is 11.1 Å². The van der Waals surface area contributed by atoms with Crippen LogP contribution in [0.2, 0.25) is 0 Å². The van der Waals surface area contributed by atoms with Crippen molar-refractivity contribution in [1.82, 2.24) is 0 Å². The van der Waals surface area contributed by atoms with E-state index in [9.17, 15) is 34.8 Å². The first-order chi connectivity index (χ1) is 18.4. The summed E-state index contributed by atoms with van der Waals surface area (Å²) in [5.41, 5.74) is 5.77. The van der Waals surface area contributed by atoms with Crippen LogP contribution >= 0.6 is 0 Å². The second kappa shape index (κ2) is 9.26. The molecule has 9 nitrogen and oxygen atoms in total. The number of primary amides is 1. The normalized spacial score (nSPS) is 27.6. The third-order valence-electron chi connectivity index (χ3n) is 8.24. The van der Waals surface area contributed by atoms with Crippen LogP contribution in [-0.2, 0) is 16.0 Å². The lowest BCUT2D eigenvalue weighted by molar-refractivity contribution is -0.167. The number of fused-ring (bicyclic) bond motifs is 3. The molecule has 2 aromatic rings. The Labute approximate surface area is 225 Å². The van der Waals surface area contributed by atoms with E-state index in [0.29, 0.717) is 11.3 Å². The lowest BCUT2D eigenvalue weighted by Gasteiger charge is -2.48. The first-order valence-corrected chi connectivity index (χ1v) is 12.7. The topological polar surface area (TPSA) is 161 Å². The Hall–Kier alpha value is -4.13. The minimum absolute atomic E-state index is 0.0519. The van der Waals surface area contributed by atoms with E-state index in [2.05, 4.69) is 11.8 Å². The Morgan fingerprint density at radius 2 is 1.77 bits per heavy atom. The van der Waals surface area contributed by atoms with Crippen LogP contribution in [0.4, 0.5) is 5.69 Å². The van der Waals surface area contributed by atoms with Crippen LogP contribution in [0.3, 0.4) is 0 Å². The fourth-order valence-corrected chi connectivity index (χ4v) is 6.25. The number of phenolic OH excluding ortho intramolecular Hbond substituents is 1. The van der Waals surface area contributed by atoms with Crippen molar-refractivity contribution in [2.24, 2.45) is 23.5 Å². The van der Waals surface area contributed by atoms with Crippen molar-refractivity contribution in [2.45, 2.75) is 37.9 Å². The number of amides is 1. The zero-order valence-corrected chi connectivity index (χ0v) is 21.9. The third-order valence-corrected chi connectivity index (χ3v) is 8.24. The average molecular weight is 531 g/mol. The smallest absolute Gasteiger partial charge is 0.230 e. The van der Waals surface area contributed by atoms with E-state index in [-0.39, 0.29) is 41.7 Å². The summed E-state index contributed by atoms with van der Waals surface area (Å²) < 4.78 is 0. The summed E-state index contributed by atoms with van der Waals surface area (Å²) in [5, 5.41) is 44.4. The van der Waals surface area contributed by atoms with Crippen molar-refractivity contribution >= 4 is 23.2 Å². The molecule has 6 N–H and O–H groups in total. The van der Waals surface area contributed by atoms with Gasteiger partial charge in [0.05, 0.1) is 17.2 Å². The molecular weight excluding hydrogens is 500 g/mol. The van der Waals surface area contributed by atoms with Gasteiger partial charge in [0.1, 0.15) is 17.4 Å². The maximum Gasteiger partial charge on any atom is 0.230 e. The van der Waals surface area contributed by atoms with Gasteiger partial charge in [-0.1, -0.05) is 29.5 Å². The number of phenols is 1. The predicted molar refractivity (Wildman–Crippen MR) is 142 cm³/mol. The van der Waals surface area contributed by atoms with Gasteiger partial charge in [-0.15, -0.1) is 0 Å². The van der Waals surface area contributed by atoms with Crippen LogP contribution in [0.1, 0.15) is 45.5 Å². The number of aryl methyl sites for hydroxylation is 1. The predicted octanol–water partition coefficient (Wildman–Crippen LogP) is 1.52. The molecule has 0 radical (unpaired) electrons. The van der Waals surface area contributed by atoms with Gasteiger partial charge in [-0.05, 0) is 55.9 Å². The van der Waals surface area contributed by atoms with Crippen molar-refractivity contribution in [3.63, 3.8) is 0 Å². The first kappa shape index (κ1) is 26.5. The minimum atomic E-state index is -2.54. The van der Waals surface area contributed by atoms with Gasteiger partial charge in [-0.3, -0.25) is 14.4 Å². The number of carbonyl (C=O) groups excluding carboxylic acids is 3. The molecule has 202 valence electrons. The lowest BCUT2D eigenvalue weighted by atomic mass is 9.57. The molecule has 0 saturated heterocycles. The largest absolute Gasteiger partial charge is 0.508 e. The Balaban J connectivity index is 1.66. The molecule has 0 aliphatic heterocycles. The number of allylic oxidation sites excluding steroid dienone is 1. The maximum absolute atomic E-state index is 13.9. The molecule has 1 amide bonds. The van der Waals surface area contributed by atoms with Gasteiger partial charge in [0.15, 0.2) is 17.2 Å². The molecule has 3 aliphatic rings. The number of hydrogen-bond donors (Lipinski definition) is 5. The molecule has 39 heavy (non-hydrogen) atoms. The van der Waals surface area contributed by atoms with E-state index >= 15 is 0 Å². The zero-order valence-electron chi connectivity index (χ0n) is 21.9. The molecule has 9 heteroatoms. The van der Waals surface area contributed by atoms with Crippen molar-refractivity contribution in [1.29, 1.82) is 0 Å². The molecular formula is C30H30N2O7. The van der Waals surface area contributed by atoms with Gasteiger partial charge in [0.25, 0.3) is 0 Å². The van der Waals surface area contributed by atoms with Crippen molar-refractivity contribution in [3.05, 3.63) is 69.5 Å². The highest BCUT2D eigenvalue weighted by molar-refractivity contribution is 6.16. The van der Waals surface area contributed by atoms with E-state index < -0.39 is 52.7 Å². The van der Waals surface area contributed by atoms with Crippen LogP contribution in [0.25, 0.3) is 0 Å². The number of anilines is 1. The van der Waals surface area contributed by atoms with Crippen LogP contribution < -0.4 is 10.6 Å². The number of rotatable bonds is 2. The molecule has 0 aromatic heterocycles. The second-order valence-corrected chi connectivity index (χ2v) is 10.9. The number of aliphatic hydroxyl groups excluding tert-OH is 2. The number of nitrogens with zero attached hydrogens (tertiary/aromatic N) is 1. The van der Waals surface area contributed by atoms with Crippen LogP contribution in [-0.4, -0.2) is 63.7 Å². The molecule has 3 aliphatic carbocycles. The summed E-state index contributed by atoms with van der Waals surface area (Å²) in [7, 11) is 3.60. The van der Waals surface area contributed by atoms with Crippen LogP contribution in [0.5, 0.6) is 5.75 Å². The van der Waals surface area contributed by atoms with Gasteiger partial charge in [0.2, 0.25) is 5.91 Å². The van der Waals surface area contributed by atoms with Crippen LogP contribution in [0.15, 0.2) is 41.7 Å². The number of aromatic hydroxyl groups is 1. The van der Waals surface area contributed by atoms with Crippen molar-refractivity contribution < 1.29 is 34.8 Å². The molecule has 2 unspecified atom stereocenters. The number of Topliss-reactive ketones (excluding diaryl/α,β-unsaturated/α-hetero) is 2. The molecule has 1 fully saturated rings. The molecule has 0 heterocycles. The van der Waals surface area contributed by atoms with Gasteiger partial charge in [0, 0.05) is 36.8 Å². The average Bonchev–Trinajstić information content (AvgIpc) is 2.86. The van der Waals surface area contributed by atoms with E-state index in [4.69, 9.17) is 5.73 Å². The van der Waals surface area contributed by atoms with Crippen LogP contribution in [0, 0.1) is 36.5 Å². The van der Waals surface area contributed by atoms with E-state index in [1.807, 2.05) is 36.1 Å². The van der Waals surface area contributed by atoms with Crippen molar-refractivity contribution in [2.75, 3.05) is 19.0 Å². The quantitative estimate of drug-likeness (QED) is 0.288. The van der Waals surface area contributed by atoms with E-state index in [1.165, 1.54) is 0 Å². The Bertz CT molecular complexity index is 1510. The molecule has 2 aromatic carbocycles. The molecule has 0 bridgehead atoms. The summed E-state index contributed by atoms with van der Waals surface area (Å²) >= 11 is 0. The Kier molecular flexibility index (Phi) is 6.29. The Morgan fingerprint density at radius 3 is 2.38 bits per heavy atom. The van der Waals surface area contributed by atoms with Gasteiger partial charge >= 0.3 is 0 Å². The lowest BCUT2D eigenvalue weighted by Crippen LogP contribution is -2.63. The summed E-state index contributed by atoms with van der Waals surface area (Å²) in [4.78, 5) is 40.8. The summed E-state index contributed by atoms with van der Waals surface area (Å²) in [5.74, 6) is -1.45. The number of aliphatic hydroxyl groups is 3. The highest BCUT2D eigenvalue weighted by Gasteiger charge is 2.62. The van der Waals surface area contributed by atoms with E-state index in [1.54, 1.807) is 20.2 Å².